The predicted molar refractivity (Wildman–Crippen MR) is 150 cm³/mol. The molecule has 0 unspecified atom stereocenters. The molecule has 0 radical (unpaired) electrons. The van der Waals surface area contributed by atoms with Gasteiger partial charge in [-0.2, -0.15) is 0 Å². The first kappa shape index (κ1) is 30.0. The van der Waals surface area contributed by atoms with Gasteiger partial charge >= 0.3 is 17.9 Å². The van der Waals surface area contributed by atoms with Crippen molar-refractivity contribution in [1.29, 1.82) is 5.41 Å². The van der Waals surface area contributed by atoms with Crippen molar-refractivity contribution >= 4 is 39.5 Å². The number of amides is 3. The third-order valence-electron chi connectivity index (χ3n) is 5.75. The van der Waals surface area contributed by atoms with Gasteiger partial charge in [0.15, 0.2) is 0 Å². The van der Waals surface area contributed by atoms with Crippen LogP contribution in [0.1, 0.15) is 25.0 Å². The Morgan fingerprint density at radius 1 is 0.975 bits per heavy atom. The molecule has 0 saturated heterocycles. The van der Waals surface area contributed by atoms with Gasteiger partial charge in [0.05, 0.1) is 10.6 Å². The molecule has 12 nitrogen and oxygen atoms in total. The SMILES string of the molecule is CC(C)CN(Cc1cccc(C(=N)NC(=O)O)c1)C(=O)C(=O)N(N)c1ccc(-c2ccccc2S(N)(=O)=O)cc1. The molecule has 40 heavy (non-hydrogen) atoms. The van der Waals surface area contributed by atoms with E-state index < -0.39 is 27.9 Å². The normalized spacial score (nSPS) is 11.1. The van der Waals surface area contributed by atoms with Crippen molar-refractivity contribution in [3.05, 3.63) is 83.9 Å². The van der Waals surface area contributed by atoms with Crippen molar-refractivity contribution in [2.24, 2.45) is 16.9 Å². The Balaban J connectivity index is 1.81. The number of primary sulfonamides is 1. The zero-order valence-corrected chi connectivity index (χ0v) is 22.7. The molecule has 3 amide bonds. The topological polar surface area (TPSA) is 200 Å². The summed E-state index contributed by atoms with van der Waals surface area (Å²) in [5.41, 5.74) is 1.98. The molecular weight excluding hydrogens is 536 g/mol. The maximum absolute atomic E-state index is 13.2. The van der Waals surface area contributed by atoms with Gasteiger partial charge in [-0.1, -0.05) is 62.4 Å². The number of hydrazine groups is 1. The van der Waals surface area contributed by atoms with Gasteiger partial charge in [-0.15, -0.1) is 0 Å². The summed E-state index contributed by atoms with van der Waals surface area (Å²) in [5, 5.41) is 24.8. The van der Waals surface area contributed by atoms with Gasteiger partial charge in [-0.3, -0.25) is 20.3 Å². The van der Waals surface area contributed by atoms with Gasteiger partial charge in [0.1, 0.15) is 5.84 Å². The average Bonchev–Trinajstić information content (AvgIpc) is 2.90. The lowest BCUT2D eigenvalue weighted by Crippen LogP contribution is -2.49. The largest absolute Gasteiger partial charge is 0.465 e. The van der Waals surface area contributed by atoms with E-state index >= 15 is 0 Å². The molecule has 0 spiro atoms. The highest BCUT2D eigenvalue weighted by Crippen LogP contribution is 2.28. The van der Waals surface area contributed by atoms with E-state index in [-0.39, 0.29) is 35.4 Å². The summed E-state index contributed by atoms with van der Waals surface area (Å²) in [4.78, 5) is 38.5. The number of nitrogens with two attached hydrogens (primary N) is 2. The van der Waals surface area contributed by atoms with Gasteiger partial charge in [-0.25, -0.2) is 29.2 Å². The number of carbonyl (C=O) groups excluding carboxylic acids is 2. The van der Waals surface area contributed by atoms with Crippen molar-refractivity contribution < 1.29 is 27.9 Å². The number of anilines is 1. The van der Waals surface area contributed by atoms with E-state index in [0.717, 1.165) is 0 Å². The van der Waals surface area contributed by atoms with Gasteiger partial charge in [0.2, 0.25) is 10.0 Å². The second-order valence-electron chi connectivity index (χ2n) is 9.35. The molecular formula is C27H30N6O6S. The summed E-state index contributed by atoms with van der Waals surface area (Å²) in [5.74, 6) is 3.87. The minimum atomic E-state index is -3.97. The van der Waals surface area contributed by atoms with Crippen LogP contribution in [0.25, 0.3) is 11.1 Å². The first-order valence-electron chi connectivity index (χ1n) is 12.1. The van der Waals surface area contributed by atoms with Gasteiger partial charge in [0, 0.05) is 24.2 Å². The highest BCUT2D eigenvalue weighted by atomic mass is 32.2. The standard InChI is InChI=1S/C27H30N6O6S/c1-17(2)15-32(16-18-6-5-7-20(14-18)24(28)31-27(36)37)25(34)26(35)33(29)21-12-10-19(11-13-21)22-8-3-4-9-23(22)40(30,38)39/h3-14,17H,15-16,29H2,1-2H3,(H2,28,31)(H,36,37)(H2,30,38,39). The average molecular weight is 567 g/mol. The van der Waals surface area contributed by atoms with Crippen molar-refractivity contribution in [3.8, 4) is 11.1 Å². The van der Waals surface area contributed by atoms with Gasteiger partial charge in [0.25, 0.3) is 0 Å². The van der Waals surface area contributed by atoms with Crippen molar-refractivity contribution in [3.63, 3.8) is 0 Å². The zero-order valence-electron chi connectivity index (χ0n) is 21.9. The molecule has 0 aliphatic carbocycles. The van der Waals surface area contributed by atoms with Crippen LogP contribution in [-0.2, 0) is 26.2 Å². The van der Waals surface area contributed by atoms with Crippen LogP contribution < -0.4 is 21.3 Å². The van der Waals surface area contributed by atoms with E-state index in [9.17, 15) is 22.8 Å². The molecule has 0 atom stereocenters. The number of carbonyl (C=O) groups is 3. The Kier molecular flexibility index (Phi) is 9.37. The third kappa shape index (κ3) is 7.50. The maximum atomic E-state index is 13.2. The van der Waals surface area contributed by atoms with E-state index in [0.29, 0.717) is 27.3 Å². The summed E-state index contributed by atoms with van der Waals surface area (Å²) in [6.45, 7) is 4.02. The number of nitrogens with one attached hydrogen (secondary N) is 2. The minimum Gasteiger partial charge on any atom is -0.465 e. The molecule has 0 aromatic heterocycles. The smallest absolute Gasteiger partial charge is 0.410 e. The molecule has 3 aromatic rings. The Labute approximate surface area is 231 Å². The fourth-order valence-electron chi connectivity index (χ4n) is 4.00. The molecule has 13 heteroatoms. The fraction of sp³-hybridized carbons (Fsp3) is 0.185. The summed E-state index contributed by atoms with van der Waals surface area (Å²) in [6, 6.07) is 18.7. The number of hydrogen-bond acceptors (Lipinski definition) is 7. The second-order valence-corrected chi connectivity index (χ2v) is 10.9. The minimum absolute atomic E-state index is 0.0105. The number of benzene rings is 3. The van der Waals surface area contributed by atoms with E-state index in [4.69, 9.17) is 21.5 Å². The van der Waals surface area contributed by atoms with E-state index in [2.05, 4.69) is 0 Å². The van der Waals surface area contributed by atoms with Crippen LogP contribution in [0.2, 0.25) is 0 Å². The summed E-state index contributed by atoms with van der Waals surface area (Å²) < 4.78 is 23.9. The Bertz CT molecular complexity index is 1540. The molecule has 0 aliphatic rings. The Morgan fingerprint density at radius 2 is 1.62 bits per heavy atom. The first-order valence-corrected chi connectivity index (χ1v) is 13.6. The van der Waals surface area contributed by atoms with Gasteiger partial charge < -0.3 is 10.0 Å². The lowest BCUT2D eigenvalue weighted by Gasteiger charge is -2.26. The van der Waals surface area contributed by atoms with Crippen LogP contribution in [0.4, 0.5) is 10.5 Å². The Hall–Kier alpha value is -4.59. The molecule has 0 aliphatic heterocycles. The van der Waals surface area contributed by atoms with E-state index in [1.165, 1.54) is 23.1 Å². The molecule has 7 N–H and O–H groups in total. The van der Waals surface area contributed by atoms with Crippen molar-refractivity contribution in [2.45, 2.75) is 25.3 Å². The first-order chi connectivity index (χ1) is 18.8. The quantitative estimate of drug-likeness (QED) is 0.0688. The molecule has 210 valence electrons. The monoisotopic (exact) mass is 566 g/mol. The lowest BCUT2D eigenvalue weighted by molar-refractivity contribution is -0.145. The van der Waals surface area contributed by atoms with Gasteiger partial charge in [-0.05, 0) is 41.3 Å². The molecule has 0 fully saturated rings. The van der Waals surface area contributed by atoms with Crippen LogP contribution in [0.3, 0.4) is 0 Å². The number of amidine groups is 1. The summed E-state index contributed by atoms with van der Waals surface area (Å²) >= 11 is 0. The number of carboxylic acid groups (broad SMARTS) is 1. The molecule has 3 rings (SSSR count). The van der Waals surface area contributed by atoms with E-state index in [1.807, 2.05) is 19.2 Å². The molecule has 0 heterocycles. The van der Waals surface area contributed by atoms with Crippen LogP contribution in [0.5, 0.6) is 0 Å². The number of nitrogens with zero attached hydrogens (tertiary/aromatic N) is 2. The lowest BCUT2D eigenvalue weighted by atomic mass is 10.1. The summed E-state index contributed by atoms with van der Waals surface area (Å²) in [6.07, 6.45) is -1.37. The molecule has 3 aromatic carbocycles. The van der Waals surface area contributed by atoms with Crippen molar-refractivity contribution in [2.75, 3.05) is 11.6 Å². The van der Waals surface area contributed by atoms with E-state index in [1.54, 1.807) is 54.6 Å². The highest BCUT2D eigenvalue weighted by molar-refractivity contribution is 7.89. The fourth-order valence-corrected chi connectivity index (χ4v) is 4.76. The second kappa shape index (κ2) is 12.5. The van der Waals surface area contributed by atoms with Crippen LogP contribution in [0.15, 0.2) is 77.7 Å². The predicted octanol–water partition coefficient (Wildman–Crippen LogP) is 2.49. The number of rotatable bonds is 8. The van der Waals surface area contributed by atoms with Crippen LogP contribution in [-0.4, -0.2) is 48.7 Å². The third-order valence-corrected chi connectivity index (χ3v) is 6.71. The number of sulfonamides is 1. The number of hydrogen-bond donors (Lipinski definition) is 5. The van der Waals surface area contributed by atoms with Crippen LogP contribution >= 0.6 is 0 Å². The molecule has 0 saturated carbocycles. The molecule has 0 bridgehead atoms. The van der Waals surface area contributed by atoms with Crippen molar-refractivity contribution in [1.82, 2.24) is 10.2 Å². The summed E-state index contributed by atoms with van der Waals surface area (Å²) in [7, 11) is -3.97. The zero-order chi connectivity index (χ0) is 29.6. The van der Waals surface area contributed by atoms with Crippen LogP contribution in [0, 0.1) is 11.3 Å². The Morgan fingerprint density at radius 3 is 2.23 bits per heavy atom. The highest BCUT2D eigenvalue weighted by Gasteiger charge is 2.27. The maximum Gasteiger partial charge on any atom is 0.410 e.